The lowest BCUT2D eigenvalue weighted by Gasteiger charge is -2.13. The molecule has 0 aromatic heterocycles. The van der Waals surface area contributed by atoms with E-state index in [1.165, 1.54) is 41.3 Å². The van der Waals surface area contributed by atoms with E-state index in [4.69, 9.17) is 4.84 Å². The molecule has 25 heavy (non-hydrogen) atoms. The van der Waals surface area contributed by atoms with Crippen LogP contribution in [0.25, 0.3) is 0 Å². The van der Waals surface area contributed by atoms with Crippen molar-refractivity contribution in [1.29, 1.82) is 0 Å². The fraction of sp³-hybridized carbons (Fsp3) is 0.111. The van der Waals surface area contributed by atoms with E-state index in [-0.39, 0.29) is 22.6 Å². The molecule has 7 heteroatoms. The van der Waals surface area contributed by atoms with Crippen molar-refractivity contribution < 1.29 is 24.0 Å². The SMILES string of the molecule is CN(C)C(=O)c1ccc(C(=O)ON2C(=O)c3ccccc3C2=O)cc1. The van der Waals surface area contributed by atoms with E-state index in [9.17, 15) is 19.2 Å². The molecule has 3 rings (SSSR count). The Balaban J connectivity index is 1.76. The van der Waals surface area contributed by atoms with Gasteiger partial charge >= 0.3 is 5.97 Å². The molecule has 2 aromatic rings. The van der Waals surface area contributed by atoms with Crippen LogP contribution in [-0.2, 0) is 4.84 Å². The van der Waals surface area contributed by atoms with Gasteiger partial charge in [0.05, 0.1) is 16.7 Å². The summed E-state index contributed by atoms with van der Waals surface area (Å²) in [7, 11) is 3.24. The highest BCUT2D eigenvalue weighted by Gasteiger charge is 2.38. The molecule has 0 fully saturated rings. The number of hydrogen-bond donors (Lipinski definition) is 0. The number of imide groups is 1. The molecule has 1 heterocycles. The molecule has 1 aliphatic rings. The summed E-state index contributed by atoms with van der Waals surface area (Å²) < 4.78 is 0. The van der Waals surface area contributed by atoms with Gasteiger partial charge in [-0.3, -0.25) is 14.4 Å². The number of amides is 3. The first kappa shape index (κ1) is 16.4. The second-order valence-electron chi connectivity index (χ2n) is 5.61. The maximum absolute atomic E-state index is 12.2. The van der Waals surface area contributed by atoms with Gasteiger partial charge < -0.3 is 9.74 Å². The largest absolute Gasteiger partial charge is 0.363 e. The van der Waals surface area contributed by atoms with Gasteiger partial charge in [0, 0.05) is 19.7 Å². The minimum absolute atomic E-state index is 0.117. The number of fused-ring (bicyclic) bond motifs is 1. The van der Waals surface area contributed by atoms with Gasteiger partial charge in [0.15, 0.2) is 0 Å². The third kappa shape index (κ3) is 2.87. The van der Waals surface area contributed by atoms with Crippen LogP contribution in [0.15, 0.2) is 48.5 Å². The average Bonchev–Trinajstić information content (AvgIpc) is 2.86. The van der Waals surface area contributed by atoms with Gasteiger partial charge in [0.2, 0.25) is 0 Å². The minimum atomic E-state index is -0.863. The van der Waals surface area contributed by atoms with E-state index < -0.39 is 17.8 Å². The molecule has 3 amide bonds. The molecule has 0 saturated carbocycles. The second-order valence-corrected chi connectivity index (χ2v) is 5.61. The van der Waals surface area contributed by atoms with Gasteiger partial charge in [-0.05, 0) is 36.4 Å². The molecule has 0 spiro atoms. The highest BCUT2D eigenvalue weighted by Crippen LogP contribution is 2.23. The molecule has 126 valence electrons. The Hall–Kier alpha value is -3.48. The number of carbonyl (C=O) groups excluding carboxylic acids is 4. The zero-order valence-electron chi connectivity index (χ0n) is 13.6. The van der Waals surface area contributed by atoms with E-state index in [0.717, 1.165) is 0 Å². The molecule has 0 saturated heterocycles. The lowest BCUT2D eigenvalue weighted by Crippen LogP contribution is -2.32. The molecule has 0 N–H and O–H groups in total. The normalized spacial score (nSPS) is 12.8. The summed E-state index contributed by atoms with van der Waals surface area (Å²) in [4.78, 5) is 54.7. The van der Waals surface area contributed by atoms with E-state index in [1.807, 2.05) is 0 Å². The van der Waals surface area contributed by atoms with Crippen molar-refractivity contribution >= 4 is 23.7 Å². The predicted molar refractivity (Wildman–Crippen MR) is 86.8 cm³/mol. The molecular formula is C18H14N2O5. The number of nitrogens with zero attached hydrogens (tertiary/aromatic N) is 2. The van der Waals surface area contributed by atoms with Crippen LogP contribution in [0.5, 0.6) is 0 Å². The Kier molecular flexibility index (Phi) is 4.06. The molecular weight excluding hydrogens is 324 g/mol. The van der Waals surface area contributed by atoms with E-state index in [1.54, 1.807) is 26.2 Å². The highest BCUT2D eigenvalue weighted by molar-refractivity contribution is 6.21. The number of carbonyl (C=O) groups is 4. The van der Waals surface area contributed by atoms with Crippen molar-refractivity contribution in [3.8, 4) is 0 Å². The van der Waals surface area contributed by atoms with Crippen LogP contribution >= 0.6 is 0 Å². The fourth-order valence-electron chi connectivity index (χ4n) is 2.39. The van der Waals surface area contributed by atoms with Crippen molar-refractivity contribution in [2.24, 2.45) is 0 Å². The van der Waals surface area contributed by atoms with Crippen LogP contribution in [0.3, 0.4) is 0 Å². The first-order chi connectivity index (χ1) is 11.9. The molecule has 0 atom stereocenters. The van der Waals surface area contributed by atoms with Gasteiger partial charge in [0.1, 0.15) is 0 Å². The third-order valence-corrected chi connectivity index (χ3v) is 3.70. The zero-order chi connectivity index (χ0) is 18.1. The number of benzene rings is 2. The van der Waals surface area contributed by atoms with Crippen LogP contribution in [-0.4, -0.2) is 47.7 Å². The van der Waals surface area contributed by atoms with Crippen molar-refractivity contribution in [3.05, 3.63) is 70.8 Å². The maximum Gasteiger partial charge on any atom is 0.363 e. The smallest absolute Gasteiger partial charge is 0.345 e. The fourth-order valence-corrected chi connectivity index (χ4v) is 2.39. The van der Waals surface area contributed by atoms with Gasteiger partial charge in [-0.1, -0.05) is 17.2 Å². The summed E-state index contributed by atoms with van der Waals surface area (Å²) >= 11 is 0. The lowest BCUT2D eigenvalue weighted by molar-refractivity contribution is -0.0584. The van der Waals surface area contributed by atoms with Crippen LogP contribution in [0.1, 0.15) is 41.4 Å². The molecule has 0 aliphatic carbocycles. The average molecular weight is 338 g/mol. The number of hydrogen-bond acceptors (Lipinski definition) is 5. The Labute approximate surface area is 143 Å². The Morgan fingerprint density at radius 1 is 0.840 bits per heavy atom. The van der Waals surface area contributed by atoms with Crippen LogP contribution in [0.4, 0.5) is 0 Å². The predicted octanol–water partition coefficient (Wildman–Crippen LogP) is 1.76. The summed E-state index contributed by atoms with van der Waals surface area (Å²) in [6.45, 7) is 0. The highest BCUT2D eigenvalue weighted by atomic mass is 16.7. The second kappa shape index (κ2) is 6.20. The lowest BCUT2D eigenvalue weighted by atomic mass is 10.1. The summed E-state index contributed by atoms with van der Waals surface area (Å²) in [5.41, 5.74) is 0.897. The molecule has 0 radical (unpaired) electrons. The summed E-state index contributed by atoms with van der Waals surface area (Å²) in [6.07, 6.45) is 0. The maximum atomic E-state index is 12.2. The molecule has 0 bridgehead atoms. The van der Waals surface area contributed by atoms with Gasteiger partial charge in [-0.25, -0.2) is 4.79 Å². The Morgan fingerprint density at radius 3 is 1.80 bits per heavy atom. The van der Waals surface area contributed by atoms with Gasteiger partial charge in [0.25, 0.3) is 17.7 Å². The molecule has 2 aromatic carbocycles. The van der Waals surface area contributed by atoms with Gasteiger partial charge in [-0.2, -0.15) is 0 Å². The third-order valence-electron chi connectivity index (χ3n) is 3.70. The quantitative estimate of drug-likeness (QED) is 0.796. The number of hydroxylamine groups is 2. The first-order valence-corrected chi connectivity index (χ1v) is 7.42. The Morgan fingerprint density at radius 2 is 1.32 bits per heavy atom. The van der Waals surface area contributed by atoms with Crippen molar-refractivity contribution in [3.63, 3.8) is 0 Å². The molecule has 7 nitrogen and oxygen atoms in total. The van der Waals surface area contributed by atoms with Crippen LogP contribution in [0, 0.1) is 0 Å². The summed E-state index contributed by atoms with van der Waals surface area (Å²) in [5.74, 6) is -2.44. The van der Waals surface area contributed by atoms with Crippen LogP contribution < -0.4 is 0 Å². The van der Waals surface area contributed by atoms with Crippen molar-refractivity contribution in [2.45, 2.75) is 0 Å². The van der Waals surface area contributed by atoms with Gasteiger partial charge in [-0.15, -0.1) is 0 Å². The minimum Gasteiger partial charge on any atom is -0.345 e. The Bertz CT molecular complexity index is 852. The standard InChI is InChI=1S/C18H14N2O5/c1-19(2)15(21)11-7-9-12(10-8-11)18(24)25-20-16(22)13-5-3-4-6-14(13)17(20)23/h3-10H,1-2H3. The van der Waals surface area contributed by atoms with Crippen molar-refractivity contribution in [1.82, 2.24) is 9.96 Å². The monoisotopic (exact) mass is 338 g/mol. The van der Waals surface area contributed by atoms with E-state index in [0.29, 0.717) is 10.6 Å². The summed E-state index contributed by atoms with van der Waals surface area (Å²) in [6, 6.07) is 12.0. The van der Waals surface area contributed by atoms with E-state index in [2.05, 4.69) is 0 Å². The zero-order valence-corrected chi connectivity index (χ0v) is 13.6. The molecule has 1 aliphatic heterocycles. The molecule has 0 unspecified atom stereocenters. The van der Waals surface area contributed by atoms with Crippen LogP contribution in [0.2, 0.25) is 0 Å². The summed E-state index contributed by atoms with van der Waals surface area (Å²) in [5, 5.41) is 0.450. The first-order valence-electron chi connectivity index (χ1n) is 7.42. The topological polar surface area (TPSA) is 84.0 Å². The van der Waals surface area contributed by atoms with E-state index >= 15 is 0 Å². The number of rotatable bonds is 3. The van der Waals surface area contributed by atoms with Crippen molar-refractivity contribution in [2.75, 3.05) is 14.1 Å².